The Labute approximate surface area is 153 Å². The Morgan fingerprint density at radius 2 is 1.88 bits per heavy atom. The first kappa shape index (κ1) is 18.4. The van der Waals surface area contributed by atoms with Gasteiger partial charge in [0.1, 0.15) is 0 Å². The second-order valence-electron chi connectivity index (χ2n) is 6.72. The van der Waals surface area contributed by atoms with E-state index in [9.17, 15) is 18.3 Å². The van der Waals surface area contributed by atoms with Gasteiger partial charge in [0.15, 0.2) is 9.84 Å². The molecular formula is C19H22N2O4S. The largest absolute Gasteiger partial charge is 0.465 e. The Bertz CT molecular complexity index is 875. The summed E-state index contributed by atoms with van der Waals surface area (Å²) >= 11 is 0. The SMILES string of the molecule is CS(=O)(=O)c1cccc(C(c2cccnc2)C2CCN(C(=O)O)CC2)c1. The zero-order valence-corrected chi connectivity index (χ0v) is 15.4. The number of aromatic nitrogens is 1. The molecule has 1 N–H and O–H groups in total. The molecule has 1 fully saturated rings. The molecular weight excluding hydrogens is 352 g/mol. The highest BCUT2D eigenvalue weighted by atomic mass is 32.2. The van der Waals surface area contributed by atoms with E-state index in [2.05, 4.69) is 4.98 Å². The molecule has 1 aliphatic rings. The van der Waals surface area contributed by atoms with E-state index in [1.807, 2.05) is 18.2 Å². The van der Waals surface area contributed by atoms with Crippen LogP contribution in [0, 0.1) is 5.92 Å². The fraction of sp³-hybridized carbons (Fsp3) is 0.368. The molecule has 1 aromatic carbocycles. The summed E-state index contributed by atoms with van der Waals surface area (Å²) in [6, 6.07) is 10.9. The number of sulfone groups is 1. The van der Waals surface area contributed by atoms with Crippen LogP contribution in [0.2, 0.25) is 0 Å². The van der Waals surface area contributed by atoms with Gasteiger partial charge in [-0.15, -0.1) is 0 Å². The lowest BCUT2D eigenvalue weighted by atomic mass is 9.76. The van der Waals surface area contributed by atoms with E-state index in [4.69, 9.17) is 0 Å². The van der Waals surface area contributed by atoms with Crippen LogP contribution in [0.5, 0.6) is 0 Å². The van der Waals surface area contributed by atoms with Crippen LogP contribution < -0.4 is 0 Å². The van der Waals surface area contributed by atoms with Crippen molar-refractivity contribution in [2.24, 2.45) is 5.92 Å². The fourth-order valence-electron chi connectivity index (χ4n) is 3.66. The molecule has 1 amide bonds. The van der Waals surface area contributed by atoms with Gasteiger partial charge in [-0.3, -0.25) is 4.98 Å². The highest BCUT2D eigenvalue weighted by molar-refractivity contribution is 7.90. The lowest BCUT2D eigenvalue weighted by molar-refractivity contribution is 0.122. The van der Waals surface area contributed by atoms with Crippen molar-refractivity contribution in [2.75, 3.05) is 19.3 Å². The molecule has 0 radical (unpaired) electrons. The topological polar surface area (TPSA) is 87.6 Å². The summed E-state index contributed by atoms with van der Waals surface area (Å²) in [6.07, 6.45) is 5.29. The third-order valence-corrected chi connectivity index (χ3v) is 6.08. The smallest absolute Gasteiger partial charge is 0.407 e. The quantitative estimate of drug-likeness (QED) is 0.889. The van der Waals surface area contributed by atoms with Gasteiger partial charge in [0.2, 0.25) is 0 Å². The van der Waals surface area contributed by atoms with Crippen molar-refractivity contribution in [3.8, 4) is 0 Å². The van der Waals surface area contributed by atoms with Crippen molar-refractivity contribution in [3.05, 3.63) is 59.9 Å². The maximum absolute atomic E-state index is 12.0. The molecule has 0 bridgehead atoms. The van der Waals surface area contributed by atoms with Crippen LogP contribution in [0.15, 0.2) is 53.7 Å². The zero-order valence-electron chi connectivity index (χ0n) is 14.6. The summed E-state index contributed by atoms with van der Waals surface area (Å²) in [6.45, 7) is 0.977. The Hall–Kier alpha value is -2.41. The molecule has 2 aromatic rings. The summed E-state index contributed by atoms with van der Waals surface area (Å²) in [5.41, 5.74) is 1.95. The van der Waals surface area contributed by atoms with Crippen LogP contribution >= 0.6 is 0 Å². The Morgan fingerprint density at radius 3 is 2.46 bits per heavy atom. The zero-order chi connectivity index (χ0) is 18.7. The van der Waals surface area contributed by atoms with Gasteiger partial charge in [-0.05, 0) is 48.1 Å². The summed E-state index contributed by atoms with van der Waals surface area (Å²) in [5, 5.41) is 9.17. The average molecular weight is 374 g/mol. The van der Waals surface area contributed by atoms with Gasteiger partial charge >= 0.3 is 6.09 Å². The molecule has 0 saturated carbocycles. The molecule has 3 rings (SSSR count). The molecule has 0 aliphatic carbocycles. The normalized spacial score (nSPS) is 17.0. The van der Waals surface area contributed by atoms with Crippen molar-refractivity contribution in [3.63, 3.8) is 0 Å². The van der Waals surface area contributed by atoms with E-state index in [-0.39, 0.29) is 11.8 Å². The minimum Gasteiger partial charge on any atom is -0.465 e. The number of hydrogen-bond donors (Lipinski definition) is 1. The number of carbonyl (C=O) groups is 1. The van der Waals surface area contributed by atoms with Crippen molar-refractivity contribution >= 4 is 15.9 Å². The molecule has 7 heteroatoms. The minimum atomic E-state index is -3.29. The molecule has 1 atom stereocenters. The third kappa shape index (κ3) is 4.04. The van der Waals surface area contributed by atoms with Gasteiger partial charge in [-0.25, -0.2) is 13.2 Å². The Balaban J connectivity index is 1.97. The monoisotopic (exact) mass is 374 g/mol. The molecule has 2 heterocycles. The van der Waals surface area contributed by atoms with E-state index in [0.717, 1.165) is 24.0 Å². The number of benzene rings is 1. The Morgan fingerprint density at radius 1 is 1.19 bits per heavy atom. The predicted octanol–water partition coefficient (Wildman–Crippen LogP) is 3.01. The number of amides is 1. The van der Waals surface area contributed by atoms with Crippen molar-refractivity contribution in [1.82, 2.24) is 9.88 Å². The maximum atomic E-state index is 12.0. The molecule has 138 valence electrons. The average Bonchev–Trinajstić information content (AvgIpc) is 2.63. The van der Waals surface area contributed by atoms with Gasteiger partial charge in [-0.2, -0.15) is 0 Å². The third-order valence-electron chi connectivity index (χ3n) is 4.97. The highest BCUT2D eigenvalue weighted by Gasteiger charge is 2.31. The van der Waals surface area contributed by atoms with Crippen LogP contribution in [0.3, 0.4) is 0 Å². The number of carboxylic acid groups (broad SMARTS) is 1. The first-order valence-electron chi connectivity index (χ1n) is 8.54. The number of rotatable bonds is 4. The number of hydrogen-bond acceptors (Lipinski definition) is 4. The molecule has 1 saturated heterocycles. The van der Waals surface area contributed by atoms with Gasteiger partial charge in [-0.1, -0.05) is 18.2 Å². The molecule has 1 unspecified atom stereocenters. The summed E-state index contributed by atoms with van der Waals surface area (Å²) in [7, 11) is -3.29. The fourth-order valence-corrected chi connectivity index (χ4v) is 4.34. The second kappa shape index (κ2) is 7.45. The van der Waals surface area contributed by atoms with Crippen molar-refractivity contribution in [2.45, 2.75) is 23.7 Å². The molecule has 1 aromatic heterocycles. The van der Waals surface area contributed by atoms with Gasteiger partial charge in [0, 0.05) is 37.7 Å². The minimum absolute atomic E-state index is 0.0126. The van der Waals surface area contributed by atoms with E-state index in [1.54, 1.807) is 30.6 Å². The van der Waals surface area contributed by atoms with Crippen LogP contribution in [0.1, 0.15) is 29.9 Å². The summed E-state index contributed by atoms with van der Waals surface area (Å²) in [5.74, 6) is 0.214. The van der Waals surface area contributed by atoms with Crippen LogP contribution in [0.4, 0.5) is 4.79 Å². The van der Waals surface area contributed by atoms with Crippen molar-refractivity contribution in [1.29, 1.82) is 0 Å². The van der Waals surface area contributed by atoms with E-state index in [0.29, 0.717) is 18.0 Å². The summed E-state index contributed by atoms with van der Waals surface area (Å²) < 4.78 is 23.9. The van der Waals surface area contributed by atoms with Crippen molar-refractivity contribution < 1.29 is 18.3 Å². The number of likely N-dealkylation sites (tertiary alicyclic amines) is 1. The lowest BCUT2D eigenvalue weighted by Gasteiger charge is -2.35. The molecule has 26 heavy (non-hydrogen) atoms. The van der Waals surface area contributed by atoms with E-state index >= 15 is 0 Å². The standard InChI is InChI=1S/C19H22N2O4S/c1-26(24,25)17-6-2-4-15(12-17)18(16-5-3-9-20-13-16)14-7-10-21(11-8-14)19(22)23/h2-6,9,12-14,18H,7-8,10-11H2,1H3,(H,22,23). The number of pyridine rings is 1. The molecule has 1 aliphatic heterocycles. The van der Waals surface area contributed by atoms with Crippen LogP contribution in [-0.2, 0) is 9.84 Å². The van der Waals surface area contributed by atoms with Gasteiger partial charge in [0.05, 0.1) is 4.90 Å². The Kier molecular flexibility index (Phi) is 5.27. The summed E-state index contributed by atoms with van der Waals surface area (Å²) in [4.78, 5) is 17.1. The number of piperidine rings is 1. The molecule has 0 spiro atoms. The first-order valence-corrected chi connectivity index (χ1v) is 10.4. The van der Waals surface area contributed by atoms with E-state index in [1.165, 1.54) is 11.2 Å². The van der Waals surface area contributed by atoms with Gasteiger partial charge < -0.3 is 10.0 Å². The molecule has 6 nitrogen and oxygen atoms in total. The van der Waals surface area contributed by atoms with Crippen LogP contribution in [-0.4, -0.2) is 48.8 Å². The first-order chi connectivity index (χ1) is 12.4. The van der Waals surface area contributed by atoms with Crippen LogP contribution in [0.25, 0.3) is 0 Å². The van der Waals surface area contributed by atoms with Gasteiger partial charge in [0.25, 0.3) is 0 Å². The van der Waals surface area contributed by atoms with E-state index < -0.39 is 15.9 Å². The second-order valence-corrected chi connectivity index (χ2v) is 8.73. The lowest BCUT2D eigenvalue weighted by Crippen LogP contribution is -2.39. The predicted molar refractivity (Wildman–Crippen MR) is 98.0 cm³/mol. The highest BCUT2D eigenvalue weighted by Crippen LogP contribution is 2.38. The maximum Gasteiger partial charge on any atom is 0.407 e. The number of nitrogens with zero attached hydrogens (tertiary/aromatic N) is 2.